The van der Waals surface area contributed by atoms with Crippen molar-refractivity contribution in [1.82, 2.24) is 14.1 Å². The van der Waals surface area contributed by atoms with Gasteiger partial charge in [-0.3, -0.25) is 9.69 Å². The molecule has 0 spiro atoms. The first-order valence-corrected chi connectivity index (χ1v) is 12.4. The number of likely N-dealkylation sites (N-methyl/N-ethyl adjacent to an activating group) is 2. The van der Waals surface area contributed by atoms with E-state index >= 15 is 0 Å². The second-order valence-electron chi connectivity index (χ2n) is 8.42. The summed E-state index contributed by atoms with van der Waals surface area (Å²) in [4.78, 5) is 38.6. The summed E-state index contributed by atoms with van der Waals surface area (Å²) in [5, 5.41) is 12.1. The van der Waals surface area contributed by atoms with Gasteiger partial charge < -0.3 is 19.5 Å². The van der Waals surface area contributed by atoms with Crippen molar-refractivity contribution in [3.05, 3.63) is 29.3 Å². The van der Waals surface area contributed by atoms with Crippen LogP contribution in [0.15, 0.2) is 24.3 Å². The van der Waals surface area contributed by atoms with E-state index in [0.717, 1.165) is 9.21 Å². The van der Waals surface area contributed by atoms with E-state index in [1.165, 1.54) is 19.0 Å². The minimum absolute atomic E-state index is 0.0000354. The lowest BCUT2D eigenvalue weighted by Gasteiger charge is -2.23. The normalized spacial score (nSPS) is 17.0. The Kier molecular flexibility index (Phi) is 8.72. The van der Waals surface area contributed by atoms with Crippen LogP contribution >= 0.6 is 11.6 Å². The first-order valence-electron chi connectivity index (χ1n) is 10.4. The molecule has 0 saturated carbocycles. The Hall–Kier alpha value is -2.37. The topological polar surface area (TPSA) is 127 Å². The molecule has 2 rings (SSSR count). The summed E-state index contributed by atoms with van der Waals surface area (Å²) in [6.07, 6.45) is 0.0802. The van der Waals surface area contributed by atoms with Crippen LogP contribution in [-0.2, 0) is 19.6 Å². The minimum Gasteiger partial charge on any atom is -0.550 e. The molecule has 1 unspecified atom stereocenters. The molecule has 1 aliphatic rings. The maximum atomic E-state index is 12.6. The molecular weight excluding hydrogens is 474 g/mol. The fraction of sp³-hybridized carbons (Fsp3) is 0.571. The van der Waals surface area contributed by atoms with Crippen LogP contribution in [0.4, 0.5) is 4.79 Å². The summed E-state index contributed by atoms with van der Waals surface area (Å²) < 4.78 is 31.8. The lowest BCUT2D eigenvalue weighted by atomic mass is 10.0. The number of hydrogen-bond donors (Lipinski definition) is 0. The number of aliphatic carboxylic acids is 1. The minimum atomic E-state index is -3.91. The second kappa shape index (κ2) is 10.7. The highest BCUT2D eigenvalue weighted by atomic mass is 35.5. The number of ether oxygens (including phenoxy) is 1. The number of carboxylic acids is 1. The third-order valence-corrected chi connectivity index (χ3v) is 7.98. The van der Waals surface area contributed by atoms with Gasteiger partial charge in [0.2, 0.25) is 10.0 Å². The van der Waals surface area contributed by atoms with Crippen molar-refractivity contribution in [3.63, 3.8) is 0 Å². The summed E-state index contributed by atoms with van der Waals surface area (Å²) in [5.74, 6) is -3.29. The van der Waals surface area contributed by atoms with Gasteiger partial charge in [-0.2, -0.15) is 0 Å². The first kappa shape index (κ1) is 26.9. The molecule has 0 aromatic heterocycles. The number of rotatable bonds is 12. The van der Waals surface area contributed by atoms with Gasteiger partial charge in [0.25, 0.3) is 5.91 Å². The number of carbonyl (C=O) groups is 3. The van der Waals surface area contributed by atoms with Gasteiger partial charge in [0.15, 0.2) is 0 Å². The van der Waals surface area contributed by atoms with Crippen molar-refractivity contribution < 1.29 is 32.6 Å². The van der Waals surface area contributed by atoms with E-state index in [9.17, 15) is 27.9 Å². The Morgan fingerprint density at radius 3 is 2.36 bits per heavy atom. The van der Waals surface area contributed by atoms with Crippen molar-refractivity contribution in [3.8, 4) is 5.75 Å². The van der Waals surface area contributed by atoms with Crippen LogP contribution < -0.4 is 9.84 Å². The molecule has 0 radical (unpaired) electrons. The Labute approximate surface area is 199 Å². The van der Waals surface area contributed by atoms with E-state index in [-0.39, 0.29) is 38.4 Å². The Bertz CT molecular complexity index is 982. The monoisotopic (exact) mass is 502 g/mol. The number of halogens is 1. The molecule has 184 valence electrons. The average molecular weight is 503 g/mol. The van der Waals surface area contributed by atoms with Crippen molar-refractivity contribution in [2.75, 3.05) is 39.5 Å². The smallest absolute Gasteiger partial charge is 0.327 e. The predicted molar refractivity (Wildman–Crippen MR) is 120 cm³/mol. The number of nitrogens with zero attached hydrogens (tertiary/aromatic N) is 3. The third kappa shape index (κ3) is 6.58. The number of benzene rings is 1. The Balaban J connectivity index is 1.88. The van der Waals surface area contributed by atoms with Crippen LogP contribution in [0, 0.1) is 5.92 Å². The molecule has 1 aromatic carbocycles. The molecular formula is C21H29ClN3O7S-. The van der Waals surface area contributed by atoms with Crippen LogP contribution in [0.2, 0.25) is 5.02 Å². The summed E-state index contributed by atoms with van der Waals surface area (Å²) in [6, 6.07) is 6.12. The van der Waals surface area contributed by atoms with Crippen molar-refractivity contribution >= 4 is 39.5 Å². The molecule has 33 heavy (non-hydrogen) atoms. The standard InChI is InChI=1S/C21H30ClN3O7S/c1-21(2)19(28)25(20(29)24(21)4)11-5-6-15(18(26)27)14-33(30,31)23(3)12-13-32-17-9-7-16(22)8-10-17/h7-10,15H,5-6,11-14H2,1-4H3,(H,26,27)/p-1. The molecule has 1 aromatic rings. The predicted octanol–water partition coefficient (Wildman–Crippen LogP) is 0.799. The highest BCUT2D eigenvalue weighted by Gasteiger charge is 2.48. The molecule has 10 nitrogen and oxygen atoms in total. The fourth-order valence-electron chi connectivity index (χ4n) is 3.29. The van der Waals surface area contributed by atoms with Gasteiger partial charge in [0.1, 0.15) is 17.9 Å². The molecule has 0 aliphatic carbocycles. The summed E-state index contributed by atoms with van der Waals surface area (Å²) >= 11 is 5.80. The van der Waals surface area contributed by atoms with Crippen LogP contribution in [0.5, 0.6) is 5.75 Å². The maximum Gasteiger partial charge on any atom is 0.327 e. The molecule has 1 heterocycles. The van der Waals surface area contributed by atoms with E-state index in [1.54, 1.807) is 38.1 Å². The van der Waals surface area contributed by atoms with E-state index in [4.69, 9.17) is 16.3 Å². The number of carbonyl (C=O) groups excluding carboxylic acids is 3. The van der Waals surface area contributed by atoms with Gasteiger partial charge in [-0.1, -0.05) is 11.6 Å². The molecule has 0 N–H and O–H groups in total. The molecule has 12 heteroatoms. The van der Waals surface area contributed by atoms with Crippen molar-refractivity contribution in [1.29, 1.82) is 0 Å². The highest BCUT2D eigenvalue weighted by molar-refractivity contribution is 7.89. The van der Waals surface area contributed by atoms with Crippen LogP contribution in [0.1, 0.15) is 26.7 Å². The zero-order valence-electron chi connectivity index (χ0n) is 19.1. The molecule has 1 atom stereocenters. The van der Waals surface area contributed by atoms with Crippen LogP contribution in [0.25, 0.3) is 0 Å². The molecule has 1 fully saturated rings. The zero-order valence-corrected chi connectivity index (χ0v) is 20.7. The third-order valence-electron chi connectivity index (χ3n) is 5.77. The number of sulfonamides is 1. The molecule has 0 bridgehead atoms. The maximum absolute atomic E-state index is 12.6. The summed E-state index contributed by atoms with van der Waals surface area (Å²) in [7, 11) is -1.05. The summed E-state index contributed by atoms with van der Waals surface area (Å²) in [6.45, 7) is 3.32. The summed E-state index contributed by atoms with van der Waals surface area (Å²) in [5.41, 5.74) is -0.981. The van der Waals surface area contributed by atoms with Gasteiger partial charge in [0.05, 0.1) is 5.75 Å². The Morgan fingerprint density at radius 1 is 1.24 bits per heavy atom. The number of imide groups is 1. The zero-order chi connectivity index (χ0) is 25.0. The second-order valence-corrected chi connectivity index (χ2v) is 11.0. The molecule has 3 amide bonds. The van der Waals surface area contributed by atoms with Gasteiger partial charge in [-0.15, -0.1) is 0 Å². The number of urea groups is 1. The molecule has 1 saturated heterocycles. The fourth-order valence-corrected chi connectivity index (χ4v) is 4.83. The van der Waals surface area contributed by atoms with Crippen LogP contribution in [-0.4, -0.2) is 85.5 Å². The van der Waals surface area contributed by atoms with Crippen molar-refractivity contribution in [2.24, 2.45) is 5.92 Å². The highest BCUT2D eigenvalue weighted by Crippen LogP contribution is 2.26. The molecule has 1 aliphatic heterocycles. The van der Waals surface area contributed by atoms with E-state index in [1.807, 2.05) is 0 Å². The SMILES string of the molecule is CN1C(=O)N(CCCC(CS(=O)(=O)N(C)CCOc2ccc(Cl)cc2)C(=O)[O-])C(=O)C1(C)C. The van der Waals surface area contributed by atoms with E-state index in [2.05, 4.69) is 0 Å². The number of amides is 3. The first-order chi connectivity index (χ1) is 15.3. The number of carboxylic acid groups (broad SMARTS) is 1. The number of hydrogen-bond acceptors (Lipinski definition) is 7. The van der Waals surface area contributed by atoms with Crippen molar-refractivity contribution in [2.45, 2.75) is 32.2 Å². The van der Waals surface area contributed by atoms with Crippen LogP contribution in [0.3, 0.4) is 0 Å². The van der Waals surface area contributed by atoms with Gasteiger partial charge in [0, 0.05) is 44.1 Å². The quantitative estimate of drug-likeness (QED) is 0.387. The van der Waals surface area contributed by atoms with E-state index < -0.39 is 39.2 Å². The lowest BCUT2D eigenvalue weighted by molar-refractivity contribution is -0.311. The van der Waals surface area contributed by atoms with E-state index in [0.29, 0.717) is 10.8 Å². The lowest BCUT2D eigenvalue weighted by Crippen LogP contribution is -2.42. The van der Waals surface area contributed by atoms with Gasteiger partial charge >= 0.3 is 6.03 Å². The Morgan fingerprint density at radius 2 is 1.85 bits per heavy atom. The largest absolute Gasteiger partial charge is 0.550 e. The van der Waals surface area contributed by atoms with Gasteiger partial charge in [-0.05, 0) is 51.0 Å². The average Bonchev–Trinajstić information content (AvgIpc) is 2.88. The van der Waals surface area contributed by atoms with Gasteiger partial charge in [-0.25, -0.2) is 17.5 Å².